The molecule has 0 fully saturated rings. The van der Waals surface area contributed by atoms with Gasteiger partial charge in [0, 0.05) is 17.8 Å². The fourth-order valence-corrected chi connectivity index (χ4v) is 2.15. The van der Waals surface area contributed by atoms with Crippen molar-refractivity contribution in [1.82, 2.24) is 0 Å². The lowest BCUT2D eigenvalue weighted by Gasteiger charge is -2.17. The highest BCUT2D eigenvalue weighted by atomic mass is 19.4. The molecule has 0 aromatic heterocycles. The van der Waals surface area contributed by atoms with Crippen LogP contribution in [-0.4, -0.2) is 4.92 Å². The molecule has 0 bridgehead atoms. The summed E-state index contributed by atoms with van der Waals surface area (Å²) >= 11 is 0. The van der Waals surface area contributed by atoms with E-state index in [-0.39, 0.29) is 11.8 Å². The first kappa shape index (κ1) is 17.6. The summed E-state index contributed by atoms with van der Waals surface area (Å²) in [5.41, 5.74) is -0.356. The summed E-state index contributed by atoms with van der Waals surface area (Å²) < 4.78 is 78.8. The summed E-state index contributed by atoms with van der Waals surface area (Å²) in [6.07, 6.45) is -10.0. The molecule has 0 heterocycles. The van der Waals surface area contributed by atoms with E-state index in [0.29, 0.717) is 18.2 Å². The summed E-state index contributed by atoms with van der Waals surface area (Å²) in [7, 11) is 0. The third-order valence-electron chi connectivity index (χ3n) is 3.16. The van der Waals surface area contributed by atoms with Crippen LogP contribution in [0.3, 0.4) is 0 Å². The van der Waals surface area contributed by atoms with E-state index in [0.717, 1.165) is 12.1 Å². The van der Waals surface area contributed by atoms with Gasteiger partial charge in [-0.15, -0.1) is 0 Å². The molecule has 0 saturated heterocycles. The van der Waals surface area contributed by atoms with Crippen LogP contribution in [0.25, 0.3) is 11.1 Å². The first-order valence-electron chi connectivity index (χ1n) is 6.24. The maximum absolute atomic E-state index is 13.2. The molecule has 2 aromatic carbocycles. The number of hydrogen-bond acceptors (Lipinski definition) is 3. The maximum Gasteiger partial charge on any atom is 0.417 e. The van der Waals surface area contributed by atoms with Gasteiger partial charge in [-0.05, 0) is 29.3 Å². The first-order chi connectivity index (χ1) is 10.9. The van der Waals surface area contributed by atoms with E-state index in [1.54, 1.807) is 0 Å². The van der Waals surface area contributed by atoms with Gasteiger partial charge >= 0.3 is 12.4 Å². The number of non-ortho nitro benzene ring substituents is 1. The van der Waals surface area contributed by atoms with Gasteiger partial charge in [0.1, 0.15) is 0 Å². The van der Waals surface area contributed by atoms with E-state index < -0.39 is 45.2 Å². The number of benzene rings is 2. The second-order valence-electron chi connectivity index (χ2n) is 4.79. The summed E-state index contributed by atoms with van der Waals surface area (Å²) in [6.45, 7) is 0. The molecule has 2 aromatic rings. The summed E-state index contributed by atoms with van der Waals surface area (Å²) in [5.74, 6) is 0. The number of hydrogen-bond donors (Lipinski definition) is 1. The molecule has 0 atom stereocenters. The van der Waals surface area contributed by atoms with Crippen LogP contribution in [0, 0.1) is 10.1 Å². The topological polar surface area (TPSA) is 69.2 Å². The van der Waals surface area contributed by atoms with Crippen LogP contribution in [0.1, 0.15) is 11.1 Å². The highest BCUT2D eigenvalue weighted by Gasteiger charge is 2.39. The Bertz CT molecular complexity index is 799. The van der Waals surface area contributed by atoms with Gasteiger partial charge in [-0.25, -0.2) is 0 Å². The van der Waals surface area contributed by atoms with Gasteiger partial charge in [-0.1, -0.05) is 6.07 Å². The lowest BCUT2D eigenvalue weighted by Crippen LogP contribution is -2.12. The number of halogens is 6. The number of alkyl halides is 6. The fourth-order valence-electron chi connectivity index (χ4n) is 2.15. The Kier molecular flexibility index (Phi) is 4.17. The quantitative estimate of drug-likeness (QED) is 0.363. The SMILES string of the molecule is Nc1ccc(-c2ccc([N+](=O)[O-])cc2C(F)(F)F)c(C(F)(F)F)c1. The van der Waals surface area contributed by atoms with Crippen molar-refractivity contribution in [2.24, 2.45) is 0 Å². The Morgan fingerprint density at radius 3 is 1.75 bits per heavy atom. The smallest absolute Gasteiger partial charge is 0.399 e. The zero-order chi connectivity index (χ0) is 18.3. The number of nitro groups is 1. The number of nitrogens with two attached hydrogens (primary N) is 1. The Morgan fingerprint density at radius 2 is 1.29 bits per heavy atom. The molecule has 0 unspecified atom stereocenters. The predicted molar refractivity (Wildman–Crippen MR) is 72.9 cm³/mol. The number of nitrogens with zero attached hydrogens (tertiary/aromatic N) is 1. The van der Waals surface area contributed by atoms with E-state index >= 15 is 0 Å². The lowest BCUT2D eigenvalue weighted by atomic mass is 9.94. The maximum atomic E-state index is 13.2. The zero-order valence-electron chi connectivity index (χ0n) is 11.6. The molecule has 128 valence electrons. The van der Waals surface area contributed by atoms with Gasteiger partial charge in [0.25, 0.3) is 5.69 Å². The molecule has 0 amide bonds. The molecular formula is C14H8F6N2O2. The second-order valence-corrected chi connectivity index (χ2v) is 4.79. The molecule has 0 aliphatic carbocycles. The second kappa shape index (κ2) is 5.69. The largest absolute Gasteiger partial charge is 0.417 e. The van der Waals surface area contributed by atoms with E-state index in [4.69, 9.17) is 5.73 Å². The van der Waals surface area contributed by atoms with Crippen LogP contribution in [0.4, 0.5) is 37.7 Å². The van der Waals surface area contributed by atoms with Crippen LogP contribution >= 0.6 is 0 Å². The van der Waals surface area contributed by atoms with Gasteiger partial charge in [-0.2, -0.15) is 26.3 Å². The third-order valence-corrected chi connectivity index (χ3v) is 3.16. The van der Waals surface area contributed by atoms with Crippen molar-refractivity contribution in [2.45, 2.75) is 12.4 Å². The van der Waals surface area contributed by atoms with E-state index in [9.17, 15) is 36.5 Å². The van der Waals surface area contributed by atoms with E-state index in [1.165, 1.54) is 0 Å². The highest BCUT2D eigenvalue weighted by molar-refractivity contribution is 5.75. The standard InChI is InChI=1S/C14H8F6N2O2/c15-13(16,17)11-5-7(21)1-3-9(11)10-4-2-8(22(23)24)6-12(10)14(18,19)20/h1-6H,21H2. The van der Waals surface area contributed by atoms with Crippen molar-refractivity contribution in [2.75, 3.05) is 5.73 Å². The van der Waals surface area contributed by atoms with E-state index in [2.05, 4.69) is 0 Å². The number of anilines is 1. The van der Waals surface area contributed by atoms with Gasteiger partial charge in [-0.3, -0.25) is 10.1 Å². The average molecular weight is 350 g/mol. The molecule has 4 nitrogen and oxygen atoms in total. The van der Waals surface area contributed by atoms with Crippen molar-refractivity contribution in [1.29, 1.82) is 0 Å². The minimum absolute atomic E-state index is 0.200. The zero-order valence-corrected chi connectivity index (χ0v) is 11.6. The predicted octanol–water partition coefficient (Wildman–Crippen LogP) is 4.88. The first-order valence-corrected chi connectivity index (χ1v) is 6.24. The molecule has 2 N–H and O–H groups in total. The molecule has 2 rings (SSSR count). The molecule has 0 aliphatic heterocycles. The third kappa shape index (κ3) is 3.42. The van der Waals surface area contributed by atoms with Gasteiger partial charge in [0.05, 0.1) is 16.1 Å². The van der Waals surface area contributed by atoms with Crippen LogP contribution in [-0.2, 0) is 12.4 Å². The number of nitro benzene ring substituents is 1. The Hall–Kier alpha value is -2.78. The summed E-state index contributed by atoms with van der Waals surface area (Å²) in [4.78, 5) is 9.58. The van der Waals surface area contributed by atoms with Gasteiger partial charge in [0.2, 0.25) is 0 Å². The molecule has 0 saturated carbocycles. The molecule has 24 heavy (non-hydrogen) atoms. The van der Waals surface area contributed by atoms with Gasteiger partial charge in [0.15, 0.2) is 0 Å². The molecule has 10 heteroatoms. The molecule has 0 aliphatic rings. The summed E-state index contributed by atoms with van der Waals surface area (Å²) in [5, 5.41) is 10.6. The van der Waals surface area contributed by atoms with Crippen LogP contribution in [0.15, 0.2) is 36.4 Å². The Labute approximate surface area is 130 Å². The molecular weight excluding hydrogens is 342 g/mol. The minimum Gasteiger partial charge on any atom is -0.399 e. The lowest BCUT2D eigenvalue weighted by molar-refractivity contribution is -0.385. The molecule has 0 radical (unpaired) electrons. The van der Waals surface area contributed by atoms with Crippen LogP contribution < -0.4 is 5.73 Å². The summed E-state index contributed by atoms with van der Waals surface area (Å²) in [6, 6.07) is 3.88. The monoisotopic (exact) mass is 350 g/mol. The van der Waals surface area contributed by atoms with Crippen molar-refractivity contribution in [3.63, 3.8) is 0 Å². The van der Waals surface area contributed by atoms with Crippen LogP contribution in [0.5, 0.6) is 0 Å². The minimum atomic E-state index is -5.08. The fraction of sp³-hybridized carbons (Fsp3) is 0.143. The average Bonchev–Trinajstić information content (AvgIpc) is 2.44. The Balaban J connectivity index is 2.81. The Morgan fingerprint density at radius 1 is 0.833 bits per heavy atom. The highest BCUT2D eigenvalue weighted by Crippen LogP contribution is 2.44. The van der Waals surface area contributed by atoms with Gasteiger partial charge < -0.3 is 5.73 Å². The normalized spacial score (nSPS) is 12.2. The number of rotatable bonds is 2. The van der Waals surface area contributed by atoms with Crippen molar-refractivity contribution >= 4 is 11.4 Å². The molecule has 0 spiro atoms. The van der Waals surface area contributed by atoms with Crippen molar-refractivity contribution in [3.8, 4) is 11.1 Å². The number of nitrogen functional groups attached to an aromatic ring is 1. The van der Waals surface area contributed by atoms with Crippen molar-refractivity contribution in [3.05, 3.63) is 57.6 Å². The van der Waals surface area contributed by atoms with Crippen molar-refractivity contribution < 1.29 is 31.3 Å². The van der Waals surface area contributed by atoms with E-state index in [1.807, 2.05) is 0 Å². The van der Waals surface area contributed by atoms with Crippen LogP contribution in [0.2, 0.25) is 0 Å².